The molecule has 3 aromatic rings. The number of carboxylic acid groups (broad SMARTS) is 1. The van der Waals surface area contributed by atoms with E-state index in [9.17, 15) is 14.4 Å². The van der Waals surface area contributed by atoms with Crippen LogP contribution in [0.2, 0.25) is 0 Å². The zero-order chi connectivity index (χ0) is 26.0. The Kier molecular flexibility index (Phi) is 7.56. The van der Waals surface area contributed by atoms with Crippen molar-refractivity contribution in [1.29, 1.82) is 0 Å². The molecule has 1 aromatic heterocycles. The number of hydrogen-bond acceptors (Lipinski definition) is 7. The first-order valence-electron chi connectivity index (χ1n) is 11.1. The highest BCUT2D eigenvalue weighted by atomic mass is 79.9. The van der Waals surface area contributed by atoms with E-state index in [1.165, 1.54) is 11.3 Å². The second kappa shape index (κ2) is 10.6. The van der Waals surface area contributed by atoms with Gasteiger partial charge in [0, 0.05) is 0 Å². The second-order valence-corrected chi connectivity index (χ2v) is 9.95. The summed E-state index contributed by atoms with van der Waals surface area (Å²) in [6.45, 7) is 5.20. The number of halogens is 1. The third-order valence-electron chi connectivity index (χ3n) is 5.51. The van der Waals surface area contributed by atoms with Crippen LogP contribution >= 0.6 is 27.3 Å². The van der Waals surface area contributed by atoms with Crippen LogP contribution in [0, 0.1) is 6.92 Å². The number of rotatable bonds is 7. The highest BCUT2D eigenvalue weighted by Crippen LogP contribution is 2.31. The lowest BCUT2D eigenvalue weighted by atomic mass is 9.95. The van der Waals surface area contributed by atoms with Crippen molar-refractivity contribution >= 4 is 45.3 Å². The molecule has 0 unspecified atom stereocenters. The molecule has 2 heterocycles. The van der Waals surface area contributed by atoms with Gasteiger partial charge in [0.25, 0.3) is 5.56 Å². The molecule has 0 saturated heterocycles. The zero-order valence-electron chi connectivity index (χ0n) is 19.8. The Morgan fingerprint density at radius 1 is 1.19 bits per heavy atom. The Balaban J connectivity index is 1.83. The van der Waals surface area contributed by atoms with E-state index in [0.717, 1.165) is 11.1 Å². The molecule has 0 amide bonds. The number of aliphatic carboxylic acids is 1. The van der Waals surface area contributed by atoms with Gasteiger partial charge >= 0.3 is 11.9 Å². The summed E-state index contributed by atoms with van der Waals surface area (Å²) in [5.41, 5.74) is 3.12. The van der Waals surface area contributed by atoms with Gasteiger partial charge in [-0.05, 0) is 66.0 Å². The number of fused-ring (bicyclic) bond motifs is 1. The molecule has 2 aromatic carbocycles. The van der Waals surface area contributed by atoms with Gasteiger partial charge < -0.3 is 14.6 Å². The number of allylic oxidation sites excluding steroid dienone is 1. The van der Waals surface area contributed by atoms with Crippen molar-refractivity contribution < 1.29 is 24.2 Å². The number of benzene rings is 2. The summed E-state index contributed by atoms with van der Waals surface area (Å²) in [5.74, 6) is -1.20. The van der Waals surface area contributed by atoms with E-state index in [1.807, 2.05) is 31.2 Å². The highest BCUT2D eigenvalue weighted by molar-refractivity contribution is 9.10. The van der Waals surface area contributed by atoms with Crippen LogP contribution in [-0.2, 0) is 14.3 Å². The van der Waals surface area contributed by atoms with E-state index in [4.69, 9.17) is 14.6 Å². The summed E-state index contributed by atoms with van der Waals surface area (Å²) in [6.07, 6.45) is 1.73. The van der Waals surface area contributed by atoms with Gasteiger partial charge in [0.2, 0.25) is 0 Å². The molecule has 186 valence electrons. The largest absolute Gasteiger partial charge is 0.481 e. The fourth-order valence-electron chi connectivity index (χ4n) is 3.87. The number of hydrogen-bond donors (Lipinski definition) is 1. The topological polar surface area (TPSA) is 107 Å². The average Bonchev–Trinajstić information content (AvgIpc) is 3.12. The van der Waals surface area contributed by atoms with Gasteiger partial charge in [-0.3, -0.25) is 9.36 Å². The summed E-state index contributed by atoms with van der Waals surface area (Å²) in [6, 6.07) is 12.1. The van der Waals surface area contributed by atoms with Crippen molar-refractivity contribution in [3.63, 3.8) is 0 Å². The minimum atomic E-state index is -1.08. The fraction of sp³-hybridized carbons (Fsp3) is 0.231. The lowest BCUT2D eigenvalue weighted by Crippen LogP contribution is -2.39. The summed E-state index contributed by atoms with van der Waals surface area (Å²) in [7, 11) is 0. The number of carboxylic acids is 1. The van der Waals surface area contributed by atoms with Crippen LogP contribution in [0.15, 0.2) is 68.0 Å². The Bertz CT molecular complexity index is 1550. The van der Waals surface area contributed by atoms with Gasteiger partial charge in [-0.2, -0.15) is 0 Å². The summed E-state index contributed by atoms with van der Waals surface area (Å²) in [5, 5.41) is 8.82. The standard InChI is InChI=1S/C26H23BrN2O6S/c1-4-34-25(33)22-15(3)28-26-29(23(22)17-8-5-14(2)6-9-17)24(32)20(36-26)12-16-7-10-19(18(27)11-16)35-13-21(30)31/h5-12,23H,4,13H2,1-3H3,(H,30,31)/b20-12+/t23-/m1/s1. The molecular formula is C26H23BrN2O6S. The van der Waals surface area contributed by atoms with E-state index < -0.39 is 24.6 Å². The van der Waals surface area contributed by atoms with Crippen LogP contribution in [0.5, 0.6) is 5.75 Å². The van der Waals surface area contributed by atoms with Gasteiger partial charge in [-0.25, -0.2) is 14.6 Å². The van der Waals surface area contributed by atoms with E-state index in [1.54, 1.807) is 42.7 Å². The maximum Gasteiger partial charge on any atom is 0.341 e. The maximum absolute atomic E-state index is 13.6. The number of esters is 1. The second-order valence-electron chi connectivity index (χ2n) is 8.09. The van der Waals surface area contributed by atoms with E-state index in [2.05, 4.69) is 20.9 Å². The van der Waals surface area contributed by atoms with Crippen molar-refractivity contribution in [2.75, 3.05) is 13.2 Å². The van der Waals surface area contributed by atoms with Crippen LogP contribution in [0.4, 0.5) is 0 Å². The first-order chi connectivity index (χ1) is 17.2. The molecule has 4 rings (SSSR count). The maximum atomic E-state index is 13.6. The highest BCUT2D eigenvalue weighted by Gasteiger charge is 2.33. The number of aromatic nitrogens is 1. The van der Waals surface area contributed by atoms with Gasteiger partial charge in [0.15, 0.2) is 11.4 Å². The molecule has 0 radical (unpaired) electrons. The number of carbonyl (C=O) groups excluding carboxylic acids is 1. The minimum absolute atomic E-state index is 0.210. The molecule has 0 saturated carbocycles. The molecule has 0 fully saturated rings. The number of aryl methyl sites for hydroxylation is 1. The Hall–Kier alpha value is -3.50. The van der Waals surface area contributed by atoms with Crippen molar-refractivity contribution in [1.82, 2.24) is 4.57 Å². The van der Waals surface area contributed by atoms with Crippen LogP contribution in [-0.4, -0.2) is 34.8 Å². The molecule has 36 heavy (non-hydrogen) atoms. The molecule has 0 bridgehead atoms. The first kappa shape index (κ1) is 25.6. The van der Waals surface area contributed by atoms with Crippen LogP contribution in [0.3, 0.4) is 0 Å². The molecule has 10 heteroatoms. The fourth-order valence-corrected chi connectivity index (χ4v) is 5.43. The van der Waals surface area contributed by atoms with Crippen LogP contribution < -0.4 is 19.6 Å². The quantitative estimate of drug-likeness (QED) is 0.436. The zero-order valence-corrected chi connectivity index (χ0v) is 22.2. The smallest absolute Gasteiger partial charge is 0.341 e. The molecule has 1 aliphatic heterocycles. The van der Waals surface area contributed by atoms with Crippen molar-refractivity contribution in [3.05, 3.63) is 94.6 Å². The van der Waals surface area contributed by atoms with E-state index in [-0.39, 0.29) is 12.2 Å². The molecule has 1 aliphatic rings. The molecule has 1 N–H and O–H groups in total. The van der Waals surface area contributed by atoms with Gasteiger partial charge in [-0.1, -0.05) is 47.2 Å². The molecule has 0 aliphatic carbocycles. The van der Waals surface area contributed by atoms with E-state index >= 15 is 0 Å². The number of carbonyl (C=O) groups is 2. The van der Waals surface area contributed by atoms with Crippen molar-refractivity contribution in [3.8, 4) is 5.75 Å². The molecular weight excluding hydrogens is 548 g/mol. The minimum Gasteiger partial charge on any atom is -0.481 e. The van der Waals surface area contributed by atoms with Gasteiger partial charge in [0.1, 0.15) is 5.75 Å². The molecule has 0 spiro atoms. The third-order valence-corrected chi connectivity index (χ3v) is 7.12. The van der Waals surface area contributed by atoms with Crippen molar-refractivity contribution in [2.24, 2.45) is 4.99 Å². The van der Waals surface area contributed by atoms with Gasteiger partial charge in [0.05, 0.1) is 32.9 Å². The Labute approximate surface area is 219 Å². The molecule has 8 nitrogen and oxygen atoms in total. The Morgan fingerprint density at radius 2 is 1.92 bits per heavy atom. The monoisotopic (exact) mass is 570 g/mol. The summed E-state index contributed by atoms with van der Waals surface area (Å²) >= 11 is 4.62. The number of ether oxygens (including phenoxy) is 2. The van der Waals surface area contributed by atoms with Crippen LogP contribution in [0.25, 0.3) is 6.08 Å². The first-order valence-corrected chi connectivity index (χ1v) is 12.7. The lowest BCUT2D eigenvalue weighted by Gasteiger charge is -2.24. The normalized spacial score (nSPS) is 15.3. The predicted octanol–water partition coefficient (Wildman–Crippen LogP) is 3.33. The predicted molar refractivity (Wildman–Crippen MR) is 139 cm³/mol. The third kappa shape index (κ3) is 5.19. The van der Waals surface area contributed by atoms with Gasteiger partial charge in [-0.15, -0.1) is 0 Å². The summed E-state index contributed by atoms with van der Waals surface area (Å²) < 4.78 is 13.1. The van der Waals surface area contributed by atoms with E-state index in [0.29, 0.717) is 36.4 Å². The summed E-state index contributed by atoms with van der Waals surface area (Å²) in [4.78, 5) is 42.4. The molecule has 1 atom stereocenters. The Morgan fingerprint density at radius 3 is 2.56 bits per heavy atom. The number of thiazole rings is 1. The number of nitrogens with zero attached hydrogens (tertiary/aromatic N) is 2. The lowest BCUT2D eigenvalue weighted by molar-refractivity contribution is -0.140. The average molecular weight is 571 g/mol. The van der Waals surface area contributed by atoms with Crippen LogP contribution in [0.1, 0.15) is 36.6 Å². The SMILES string of the molecule is CCOC(=O)C1=C(C)N=c2s/c(=C/c3ccc(OCC(=O)O)c(Br)c3)c(=O)n2[C@@H]1c1ccc(C)cc1. The van der Waals surface area contributed by atoms with Crippen molar-refractivity contribution in [2.45, 2.75) is 26.8 Å².